The molecule has 1 rings (SSSR count). The first-order chi connectivity index (χ1) is 8.10. The van der Waals surface area contributed by atoms with Gasteiger partial charge in [-0.25, -0.2) is 0 Å². The van der Waals surface area contributed by atoms with Crippen molar-refractivity contribution in [1.82, 2.24) is 5.32 Å². The van der Waals surface area contributed by atoms with Gasteiger partial charge in [0.1, 0.15) is 0 Å². The molecule has 1 fully saturated rings. The van der Waals surface area contributed by atoms with Crippen molar-refractivity contribution in [3.05, 3.63) is 0 Å². The molecule has 4 heteroatoms. The zero-order valence-electron chi connectivity index (χ0n) is 10.6. The van der Waals surface area contributed by atoms with E-state index in [-0.39, 0.29) is 17.7 Å². The van der Waals surface area contributed by atoms with Crippen molar-refractivity contribution in [2.24, 2.45) is 5.41 Å². The monoisotopic (exact) mass is 241 g/mol. The Bertz CT molecular complexity index is 270. The lowest BCUT2D eigenvalue weighted by atomic mass is 9.82. The largest absolute Gasteiger partial charge is 0.481 e. The number of amides is 1. The van der Waals surface area contributed by atoms with E-state index >= 15 is 0 Å². The maximum atomic E-state index is 12.1. The second-order valence-electron chi connectivity index (χ2n) is 4.95. The molecule has 1 saturated carbocycles. The van der Waals surface area contributed by atoms with Gasteiger partial charge in [-0.2, -0.15) is 0 Å². The standard InChI is InChI=1S/C13H23NO3/c1-2-13(8-4-5-9-13)12(17)14-10-6-3-7-11(15)16/h2-10H2,1H3,(H,14,17)(H,15,16). The van der Waals surface area contributed by atoms with Crippen LogP contribution in [0.2, 0.25) is 0 Å². The van der Waals surface area contributed by atoms with Gasteiger partial charge in [-0.1, -0.05) is 19.8 Å². The zero-order chi connectivity index (χ0) is 12.7. The van der Waals surface area contributed by atoms with Crippen LogP contribution in [0.1, 0.15) is 58.3 Å². The molecule has 0 aromatic heterocycles. The molecule has 0 radical (unpaired) electrons. The van der Waals surface area contributed by atoms with E-state index in [1.165, 1.54) is 0 Å². The smallest absolute Gasteiger partial charge is 0.303 e. The molecule has 4 nitrogen and oxygen atoms in total. The van der Waals surface area contributed by atoms with Crippen LogP contribution in [0.3, 0.4) is 0 Å². The molecule has 0 spiro atoms. The molecule has 2 N–H and O–H groups in total. The van der Waals surface area contributed by atoms with Crippen molar-refractivity contribution < 1.29 is 14.7 Å². The van der Waals surface area contributed by atoms with E-state index in [1.54, 1.807) is 0 Å². The molecule has 0 atom stereocenters. The Morgan fingerprint density at radius 2 is 1.88 bits per heavy atom. The van der Waals surface area contributed by atoms with Crippen molar-refractivity contribution in [2.75, 3.05) is 6.54 Å². The van der Waals surface area contributed by atoms with E-state index < -0.39 is 5.97 Å². The van der Waals surface area contributed by atoms with Gasteiger partial charge in [0.05, 0.1) is 0 Å². The van der Waals surface area contributed by atoms with Crippen LogP contribution in [0.5, 0.6) is 0 Å². The lowest BCUT2D eigenvalue weighted by molar-refractivity contribution is -0.137. The van der Waals surface area contributed by atoms with Crippen molar-refractivity contribution >= 4 is 11.9 Å². The van der Waals surface area contributed by atoms with Crippen molar-refractivity contribution in [3.8, 4) is 0 Å². The minimum atomic E-state index is -0.767. The number of carboxylic acids is 1. The predicted octanol–water partition coefficient (Wildman–Crippen LogP) is 2.33. The summed E-state index contributed by atoms with van der Waals surface area (Å²) in [6.07, 6.45) is 6.80. The van der Waals surface area contributed by atoms with Gasteiger partial charge in [-0.05, 0) is 32.1 Å². The molecule has 1 amide bonds. The van der Waals surface area contributed by atoms with Gasteiger partial charge in [-0.3, -0.25) is 9.59 Å². The fraction of sp³-hybridized carbons (Fsp3) is 0.846. The fourth-order valence-corrected chi connectivity index (χ4v) is 2.58. The summed E-state index contributed by atoms with van der Waals surface area (Å²) < 4.78 is 0. The van der Waals surface area contributed by atoms with Crippen LogP contribution >= 0.6 is 0 Å². The van der Waals surface area contributed by atoms with Gasteiger partial charge in [0.2, 0.25) is 5.91 Å². The van der Waals surface area contributed by atoms with Crippen LogP contribution in [0.25, 0.3) is 0 Å². The molecular weight excluding hydrogens is 218 g/mol. The Labute approximate surface area is 103 Å². The quantitative estimate of drug-likeness (QED) is 0.672. The molecule has 1 aliphatic carbocycles. The summed E-state index contributed by atoms with van der Waals surface area (Å²) in [5.74, 6) is -0.593. The lowest BCUT2D eigenvalue weighted by Crippen LogP contribution is -2.39. The van der Waals surface area contributed by atoms with Crippen LogP contribution in [0.15, 0.2) is 0 Å². The molecule has 0 aromatic rings. The maximum Gasteiger partial charge on any atom is 0.303 e. The SMILES string of the molecule is CCC1(C(=O)NCCCCC(=O)O)CCCC1. The minimum absolute atomic E-state index is 0.132. The normalized spacial score (nSPS) is 17.9. The Kier molecular flexibility index (Phi) is 5.45. The van der Waals surface area contributed by atoms with Crippen molar-refractivity contribution in [2.45, 2.75) is 58.3 Å². The Morgan fingerprint density at radius 3 is 2.41 bits per heavy atom. The predicted molar refractivity (Wildman–Crippen MR) is 65.7 cm³/mol. The van der Waals surface area contributed by atoms with Gasteiger partial charge in [0.25, 0.3) is 0 Å². The highest BCUT2D eigenvalue weighted by atomic mass is 16.4. The van der Waals surface area contributed by atoms with Gasteiger partial charge in [-0.15, -0.1) is 0 Å². The minimum Gasteiger partial charge on any atom is -0.481 e. The van der Waals surface area contributed by atoms with E-state index in [2.05, 4.69) is 12.2 Å². The van der Waals surface area contributed by atoms with E-state index in [1.807, 2.05) is 0 Å². The summed E-state index contributed by atoms with van der Waals surface area (Å²) in [7, 11) is 0. The highest BCUT2D eigenvalue weighted by Gasteiger charge is 2.38. The van der Waals surface area contributed by atoms with Gasteiger partial charge in [0.15, 0.2) is 0 Å². The third-order valence-corrected chi connectivity index (χ3v) is 3.82. The summed E-state index contributed by atoms with van der Waals surface area (Å²) in [6.45, 7) is 2.68. The zero-order valence-corrected chi connectivity index (χ0v) is 10.6. The molecule has 0 unspecified atom stereocenters. The molecular formula is C13H23NO3. The summed E-state index contributed by atoms with van der Waals surface area (Å²) in [5, 5.41) is 11.4. The van der Waals surface area contributed by atoms with Gasteiger partial charge in [0, 0.05) is 18.4 Å². The fourth-order valence-electron chi connectivity index (χ4n) is 2.58. The van der Waals surface area contributed by atoms with Crippen molar-refractivity contribution in [1.29, 1.82) is 0 Å². The number of unbranched alkanes of at least 4 members (excludes halogenated alkanes) is 1. The number of carbonyl (C=O) groups is 2. The van der Waals surface area contributed by atoms with Crippen LogP contribution in [0.4, 0.5) is 0 Å². The number of carboxylic acid groups (broad SMARTS) is 1. The number of rotatable bonds is 7. The van der Waals surface area contributed by atoms with E-state index in [9.17, 15) is 9.59 Å². The molecule has 0 aromatic carbocycles. The second kappa shape index (κ2) is 6.62. The molecule has 17 heavy (non-hydrogen) atoms. The van der Waals surface area contributed by atoms with E-state index in [0.717, 1.165) is 38.5 Å². The summed E-state index contributed by atoms with van der Waals surface area (Å²) >= 11 is 0. The third kappa shape index (κ3) is 4.02. The van der Waals surface area contributed by atoms with Crippen LogP contribution < -0.4 is 5.32 Å². The molecule has 0 aliphatic heterocycles. The summed E-state index contributed by atoms with van der Waals surface area (Å²) in [5.41, 5.74) is -0.132. The van der Waals surface area contributed by atoms with E-state index in [4.69, 9.17) is 5.11 Å². The Hall–Kier alpha value is -1.06. The highest BCUT2D eigenvalue weighted by Crippen LogP contribution is 2.40. The average molecular weight is 241 g/mol. The Morgan fingerprint density at radius 1 is 1.24 bits per heavy atom. The van der Waals surface area contributed by atoms with E-state index in [0.29, 0.717) is 13.0 Å². The van der Waals surface area contributed by atoms with Crippen LogP contribution in [0, 0.1) is 5.41 Å². The lowest BCUT2D eigenvalue weighted by Gasteiger charge is -2.25. The first kappa shape index (κ1) is 14.0. The van der Waals surface area contributed by atoms with Crippen molar-refractivity contribution in [3.63, 3.8) is 0 Å². The van der Waals surface area contributed by atoms with Gasteiger partial charge < -0.3 is 10.4 Å². The molecule has 98 valence electrons. The molecule has 0 bridgehead atoms. The maximum absolute atomic E-state index is 12.1. The topological polar surface area (TPSA) is 66.4 Å². The molecule has 1 aliphatic rings. The molecule has 0 saturated heterocycles. The van der Waals surface area contributed by atoms with Crippen LogP contribution in [-0.2, 0) is 9.59 Å². The number of hydrogen-bond donors (Lipinski definition) is 2. The first-order valence-corrected chi connectivity index (χ1v) is 6.61. The molecule has 0 heterocycles. The highest BCUT2D eigenvalue weighted by molar-refractivity contribution is 5.82. The number of hydrogen-bond acceptors (Lipinski definition) is 2. The average Bonchev–Trinajstić information content (AvgIpc) is 2.77. The second-order valence-corrected chi connectivity index (χ2v) is 4.95. The first-order valence-electron chi connectivity index (χ1n) is 6.61. The third-order valence-electron chi connectivity index (χ3n) is 3.82. The van der Waals surface area contributed by atoms with Gasteiger partial charge >= 0.3 is 5.97 Å². The van der Waals surface area contributed by atoms with Crippen LogP contribution in [-0.4, -0.2) is 23.5 Å². The number of aliphatic carboxylic acids is 1. The summed E-state index contributed by atoms with van der Waals surface area (Å²) in [4.78, 5) is 22.4. The summed E-state index contributed by atoms with van der Waals surface area (Å²) in [6, 6.07) is 0. The number of carbonyl (C=O) groups excluding carboxylic acids is 1. The number of nitrogens with one attached hydrogen (secondary N) is 1. The Balaban J connectivity index is 2.22.